The molecule has 5 rings (SSSR count). The largest absolute Gasteiger partial charge is 0.478 e. The lowest BCUT2D eigenvalue weighted by Gasteiger charge is -2.20. The highest BCUT2D eigenvalue weighted by atomic mass is 16.5. The number of benzene rings is 3. The lowest BCUT2D eigenvalue weighted by Crippen LogP contribution is -2.38. The molecule has 178 valence electrons. The highest BCUT2D eigenvalue weighted by Gasteiger charge is 2.30. The van der Waals surface area contributed by atoms with Gasteiger partial charge in [-0.05, 0) is 52.4 Å². The van der Waals surface area contributed by atoms with Gasteiger partial charge in [0.15, 0.2) is 0 Å². The summed E-state index contributed by atoms with van der Waals surface area (Å²) in [6.07, 6.45) is -0.424. The Bertz CT molecular complexity index is 1270. The molecule has 0 fully saturated rings. The molecule has 1 aliphatic heterocycles. The molecular formula is C28H26N2O5. The van der Waals surface area contributed by atoms with Gasteiger partial charge in [-0.25, -0.2) is 9.59 Å². The van der Waals surface area contributed by atoms with Crippen LogP contribution in [-0.4, -0.2) is 40.6 Å². The number of alkyl carbamates (subject to hydrolysis) is 1. The summed E-state index contributed by atoms with van der Waals surface area (Å²) in [4.78, 5) is 38.2. The molecular weight excluding hydrogens is 444 g/mol. The molecule has 3 aromatic rings. The fourth-order valence-corrected chi connectivity index (χ4v) is 4.99. The summed E-state index contributed by atoms with van der Waals surface area (Å²) >= 11 is 0. The van der Waals surface area contributed by atoms with Gasteiger partial charge in [-0.3, -0.25) is 4.79 Å². The summed E-state index contributed by atoms with van der Waals surface area (Å²) in [5.74, 6) is -1.12. The van der Waals surface area contributed by atoms with Crippen molar-refractivity contribution in [1.82, 2.24) is 10.2 Å². The molecule has 7 heteroatoms. The van der Waals surface area contributed by atoms with E-state index in [1.54, 1.807) is 30.0 Å². The number of aromatic carboxylic acids is 1. The van der Waals surface area contributed by atoms with Crippen molar-refractivity contribution in [1.29, 1.82) is 0 Å². The molecule has 35 heavy (non-hydrogen) atoms. The van der Waals surface area contributed by atoms with Crippen LogP contribution in [0.4, 0.5) is 4.79 Å². The topological polar surface area (TPSA) is 95.9 Å². The number of carboxylic acid groups (broad SMARTS) is 1. The fraction of sp³-hybridized carbons (Fsp3) is 0.250. The fourth-order valence-electron chi connectivity index (χ4n) is 4.99. The Morgan fingerprint density at radius 1 is 0.971 bits per heavy atom. The minimum absolute atomic E-state index is 0.0242. The summed E-state index contributed by atoms with van der Waals surface area (Å²) in [5.41, 5.74) is 6.62. The molecule has 0 saturated carbocycles. The second-order valence-corrected chi connectivity index (χ2v) is 9.11. The van der Waals surface area contributed by atoms with Crippen LogP contribution in [0, 0.1) is 0 Å². The third-order valence-electron chi connectivity index (χ3n) is 6.72. The Morgan fingerprint density at radius 2 is 1.60 bits per heavy atom. The second-order valence-electron chi connectivity index (χ2n) is 9.11. The first-order valence-corrected chi connectivity index (χ1v) is 11.6. The van der Waals surface area contributed by atoms with Gasteiger partial charge >= 0.3 is 12.1 Å². The minimum Gasteiger partial charge on any atom is -0.478 e. The molecule has 0 radical (unpaired) electrons. The first kappa shape index (κ1) is 22.7. The van der Waals surface area contributed by atoms with Crippen molar-refractivity contribution < 1.29 is 24.2 Å². The molecule has 2 aliphatic rings. The average Bonchev–Trinajstić information content (AvgIpc) is 3.41. The van der Waals surface area contributed by atoms with Crippen LogP contribution in [0.5, 0.6) is 0 Å². The van der Waals surface area contributed by atoms with E-state index in [0.717, 1.165) is 33.4 Å². The lowest BCUT2D eigenvalue weighted by atomic mass is 9.98. The quantitative estimate of drug-likeness (QED) is 0.551. The number of carboxylic acids is 1. The van der Waals surface area contributed by atoms with Crippen LogP contribution in [0.25, 0.3) is 11.1 Å². The van der Waals surface area contributed by atoms with Gasteiger partial charge in [-0.1, -0.05) is 54.6 Å². The van der Waals surface area contributed by atoms with Crippen LogP contribution in [0.3, 0.4) is 0 Å². The van der Waals surface area contributed by atoms with Crippen LogP contribution in [0.15, 0.2) is 66.7 Å². The molecule has 0 saturated heterocycles. The van der Waals surface area contributed by atoms with E-state index < -0.39 is 18.1 Å². The SMILES string of the molecule is CC(CC(=O)N1Cc2ccc(C(=O)O)cc2C1)NC(=O)OCC1c2ccccc2-c2ccccc21. The van der Waals surface area contributed by atoms with Gasteiger partial charge < -0.3 is 20.1 Å². The van der Waals surface area contributed by atoms with Gasteiger partial charge in [-0.15, -0.1) is 0 Å². The molecule has 7 nitrogen and oxygen atoms in total. The third-order valence-corrected chi connectivity index (χ3v) is 6.72. The lowest BCUT2D eigenvalue weighted by molar-refractivity contribution is -0.132. The molecule has 1 aliphatic carbocycles. The zero-order chi connectivity index (χ0) is 24.5. The number of ether oxygens (including phenoxy) is 1. The van der Waals surface area contributed by atoms with Gasteiger partial charge in [-0.2, -0.15) is 0 Å². The number of hydrogen-bond acceptors (Lipinski definition) is 4. The summed E-state index contributed by atoms with van der Waals surface area (Å²) in [6.45, 7) is 2.79. The Morgan fingerprint density at radius 3 is 2.26 bits per heavy atom. The van der Waals surface area contributed by atoms with Gasteiger partial charge in [0.25, 0.3) is 0 Å². The molecule has 1 atom stereocenters. The molecule has 0 bridgehead atoms. The van der Waals surface area contributed by atoms with Gasteiger partial charge in [0.05, 0.1) is 5.56 Å². The summed E-state index contributed by atoms with van der Waals surface area (Å²) in [7, 11) is 0. The van der Waals surface area contributed by atoms with Crippen LogP contribution >= 0.6 is 0 Å². The van der Waals surface area contributed by atoms with Crippen LogP contribution in [-0.2, 0) is 22.6 Å². The van der Waals surface area contributed by atoms with Crippen molar-refractivity contribution in [2.45, 2.75) is 38.4 Å². The summed E-state index contributed by atoms with van der Waals surface area (Å²) < 4.78 is 5.57. The number of nitrogens with zero attached hydrogens (tertiary/aromatic N) is 1. The highest BCUT2D eigenvalue weighted by molar-refractivity contribution is 5.88. The molecule has 0 spiro atoms. The van der Waals surface area contributed by atoms with E-state index in [2.05, 4.69) is 29.6 Å². The van der Waals surface area contributed by atoms with Crippen molar-refractivity contribution in [3.05, 3.63) is 94.5 Å². The average molecular weight is 471 g/mol. The molecule has 1 unspecified atom stereocenters. The van der Waals surface area contributed by atoms with Crippen molar-refractivity contribution >= 4 is 18.0 Å². The zero-order valence-electron chi connectivity index (χ0n) is 19.4. The van der Waals surface area contributed by atoms with Crippen LogP contribution in [0.1, 0.15) is 51.9 Å². The number of fused-ring (bicyclic) bond motifs is 4. The molecule has 0 aromatic heterocycles. The highest BCUT2D eigenvalue weighted by Crippen LogP contribution is 2.44. The van der Waals surface area contributed by atoms with E-state index in [0.29, 0.717) is 13.1 Å². The Kier molecular flexibility index (Phi) is 5.99. The molecule has 1 heterocycles. The number of carbonyl (C=O) groups is 3. The third kappa shape index (κ3) is 4.49. The van der Waals surface area contributed by atoms with E-state index in [1.807, 2.05) is 24.3 Å². The van der Waals surface area contributed by atoms with E-state index in [4.69, 9.17) is 4.74 Å². The maximum atomic E-state index is 12.8. The Hall–Kier alpha value is -4.13. The van der Waals surface area contributed by atoms with E-state index in [1.165, 1.54) is 0 Å². The number of hydrogen-bond donors (Lipinski definition) is 2. The number of carbonyl (C=O) groups excluding carboxylic acids is 2. The molecule has 2 N–H and O–H groups in total. The maximum Gasteiger partial charge on any atom is 0.407 e. The predicted octanol–water partition coefficient (Wildman–Crippen LogP) is 4.54. The van der Waals surface area contributed by atoms with Gasteiger partial charge in [0, 0.05) is 31.5 Å². The van der Waals surface area contributed by atoms with Crippen LogP contribution < -0.4 is 5.32 Å². The van der Waals surface area contributed by atoms with Crippen molar-refractivity contribution in [2.75, 3.05) is 6.61 Å². The number of nitrogens with one attached hydrogen (secondary N) is 1. The first-order valence-electron chi connectivity index (χ1n) is 11.6. The van der Waals surface area contributed by atoms with Crippen molar-refractivity contribution in [3.8, 4) is 11.1 Å². The smallest absolute Gasteiger partial charge is 0.407 e. The van der Waals surface area contributed by atoms with Crippen molar-refractivity contribution in [3.63, 3.8) is 0 Å². The Balaban J connectivity index is 1.14. The monoisotopic (exact) mass is 470 g/mol. The first-order chi connectivity index (χ1) is 16.9. The van der Waals surface area contributed by atoms with Crippen LogP contribution in [0.2, 0.25) is 0 Å². The number of amides is 2. The Labute approximate surface area is 203 Å². The molecule has 3 aromatic carbocycles. The van der Waals surface area contributed by atoms with Gasteiger partial charge in [0.2, 0.25) is 5.91 Å². The predicted molar refractivity (Wildman–Crippen MR) is 130 cm³/mol. The number of rotatable bonds is 6. The normalized spacial score (nSPS) is 14.6. The summed E-state index contributed by atoms with van der Waals surface area (Å²) in [6, 6.07) is 20.8. The standard InChI is InChI=1S/C28H26N2O5/c1-17(12-26(31)30-14-19-11-10-18(27(32)33)13-20(19)15-30)29-28(34)35-16-25-23-8-4-2-6-21(23)22-7-3-5-9-24(22)25/h2-11,13,17,25H,12,14-16H2,1H3,(H,29,34)(H,32,33). The zero-order valence-corrected chi connectivity index (χ0v) is 19.4. The maximum absolute atomic E-state index is 12.8. The summed E-state index contributed by atoms with van der Waals surface area (Å²) in [5, 5.41) is 11.9. The van der Waals surface area contributed by atoms with E-state index >= 15 is 0 Å². The van der Waals surface area contributed by atoms with Crippen molar-refractivity contribution in [2.24, 2.45) is 0 Å². The van der Waals surface area contributed by atoms with E-state index in [9.17, 15) is 19.5 Å². The minimum atomic E-state index is -0.988. The molecule has 2 amide bonds. The van der Waals surface area contributed by atoms with Gasteiger partial charge in [0.1, 0.15) is 6.61 Å². The van der Waals surface area contributed by atoms with E-state index in [-0.39, 0.29) is 30.4 Å². The second kappa shape index (κ2) is 9.25.